The number of ether oxygens (including phenoxy) is 1. The number of rotatable bonds is 2. The molecule has 7 heteroatoms. The Kier molecular flexibility index (Phi) is 5.07. The lowest BCUT2D eigenvalue weighted by Gasteiger charge is -2.33. The first kappa shape index (κ1) is 16.1. The number of nitrogens with zero attached hydrogens (tertiary/aromatic N) is 1. The van der Waals surface area contributed by atoms with E-state index in [9.17, 15) is 22.4 Å². The molecule has 0 spiro atoms. The third kappa shape index (κ3) is 3.47. The van der Waals surface area contributed by atoms with Crippen LogP contribution in [0.4, 0.5) is 17.6 Å². The minimum Gasteiger partial charge on any atom is -0.462 e. The number of carbonyl (C=O) groups is 1. The van der Waals surface area contributed by atoms with Gasteiger partial charge in [-0.3, -0.25) is 4.79 Å². The molecule has 4 unspecified atom stereocenters. The number of hydrogen-bond acceptors (Lipinski definition) is 3. The van der Waals surface area contributed by atoms with Crippen LogP contribution in [0.3, 0.4) is 0 Å². The van der Waals surface area contributed by atoms with E-state index in [0.29, 0.717) is 6.42 Å². The third-order valence-corrected chi connectivity index (χ3v) is 4.20. The summed E-state index contributed by atoms with van der Waals surface area (Å²) in [5.41, 5.74) is 0. The maximum Gasteiger partial charge on any atom is 0.315 e. The van der Waals surface area contributed by atoms with Crippen LogP contribution in [0.5, 0.6) is 0 Å². The van der Waals surface area contributed by atoms with E-state index in [2.05, 4.69) is 0 Å². The molecule has 0 aromatic heterocycles. The molecule has 2 saturated carbocycles. The predicted octanol–water partition coefficient (Wildman–Crippen LogP) is 2.98. The first-order chi connectivity index (χ1) is 9.93. The van der Waals surface area contributed by atoms with E-state index in [1.54, 1.807) is 6.07 Å². The molecule has 0 N–H and O–H groups in total. The molecule has 0 saturated heterocycles. The van der Waals surface area contributed by atoms with Gasteiger partial charge < -0.3 is 4.74 Å². The van der Waals surface area contributed by atoms with Crippen LogP contribution < -0.4 is 0 Å². The van der Waals surface area contributed by atoms with Crippen LogP contribution >= 0.6 is 0 Å². The second-order valence-electron chi connectivity index (χ2n) is 5.71. The highest BCUT2D eigenvalue weighted by Crippen LogP contribution is 2.34. The van der Waals surface area contributed by atoms with Crippen molar-refractivity contribution in [2.45, 2.75) is 62.9 Å². The van der Waals surface area contributed by atoms with E-state index in [1.807, 2.05) is 0 Å². The highest BCUT2D eigenvalue weighted by atomic mass is 19.2. The number of hydrogen-bond donors (Lipinski definition) is 0. The van der Waals surface area contributed by atoms with Crippen molar-refractivity contribution in [1.82, 2.24) is 0 Å². The van der Waals surface area contributed by atoms with Gasteiger partial charge in [-0.2, -0.15) is 5.26 Å². The van der Waals surface area contributed by atoms with Crippen LogP contribution in [0.1, 0.15) is 32.1 Å². The summed E-state index contributed by atoms with van der Waals surface area (Å²) in [6.45, 7) is 0. The summed E-state index contributed by atoms with van der Waals surface area (Å²) < 4.78 is 59.4. The van der Waals surface area contributed by atoms with E-state index in [-0.39, 0.29) is 25.7 Å². The molecular formula is C14H17F4NO2. The van der Waals surface area contributed by atoms with Gasteiger partial charge in [0.05, 0.1) is 6.07 Å². The highest BCUT2D eigenvalue weighted by molar-refractivity contribution is 5.74. The second-order valence-corrected chi connectivity index (χ2v) is 5.71. The lowest BCUT2D eigenvalue weighted by Crippen LogP contribution is -2.43. The quantitative estimate of drug-likeness (QED) is 0.582. The molecule has 4 atom stereocenters. The van der Waals surface area contributed by atoms with E-state index in [0.717, 1.165) is 0 Å². The first-order valence-corrected chi connectivity index (χ1v) is 7.10. The fraction of sp³-hybridized carbons (Fsp3) is 0.857. The van der Waals surface area contributed by atoms with Gasteiger partial charge in [-0.15, -0.1) is 0 Å². The lowest BCUT2D eigenvalue weighted by atomic mass is 9.84. The van der Waals surface area contributed by atoms with Crippen molar-refractivity contribution in [2.24, 2.45) is 11.8 Å². The van der Waals surface area contributed by atoms with Gasteiger partial charge >= 0.3 is 5.97 Å². The number of halogens is 4. The van der Waals surface area contributed by atoms with Crippen molar-refractivity contribution in [1.29, 1.82) is 5.26 Å². The number of carbonyl (C=O) groups excluding carboxylic acids is 1. The minimum absolute atomic E-state index is 0.0822. The summed E-state index contributed by atoms with van der Waals surface area (Å²) in [7, 11) is 0. The van der Waals surface area contributed by atoms with Crippen molar-refractivity contribution in [3.8, 4) is 6.07 Å². The van der Waals surface area contributed by atoms with Crippen LogP contribution in [-0.2, 0) is 9.53 Å². The van der Waals surface area contributed by atoms with Crippen LogP contribution in [0.2, 0.25) is 0 Å². The Bertz CT molecular complexity index is 406. The SMILES string of the molecule is N#CC1C(F)CC(OC(=O)C2C(F)CCCC2F)CC1F. The fourth-order valence-corrected chi connectivity index (χ4v) is 3.01. The van der Waals surface area contributed by atoms with Crippen molar-refractivity contribution in [2.75, 3.05) is 0 Å². The molecule has 2 rings (SSSR count). The van der Waals surface area contributed by atoms with Crippen molar-refractivity contribution >= 4 is 5.97 Å². The van der Waals surface area contributed by atoms with Gasteiger partial charge in [0.2, 0.25) is 0 Å². The van der Waals surface area contributed by atoms with Gasteiger partial charge in [0.15, 0.2) is 0 Å². The zero-order valence-corrected chi connectivity index (χ0v) is 11.4. The molecular weight excluding hydrogens is 290 g/mol. The molecule has 2 aliphatic rings. The van der Waals surface area contributed by atoms with E-state index in [1.165, 1.54) is 0 Å². The predicted molar refractivity (Wildman–Crippen MR) is 65.1 cm³/mol. The van der Waals surface area contributed by atoms with Crippen LogP contribution in [-0.4, -0.2) is 36.8 Å². The Morgan fingerprint density at radius 1 is 1.00 bits per heavy atom. The topological polar surface area (TPSA) is 50.1 Å². The molecule has 0 aromatic rings. The van der Waals surface area contributed by atoms with Crippen LogP contribution in [0.25, 0.3) is 0 Å². The maximum absolute atomic E-state index is 13.6. The Balaban J connectivity index is 1.95. The normalized spacial score (nSPS) is 43.9. The molecule has 0 heterocycles. The van der Waals surface area contributed by atoms with Gasteiger partial charge in [-0.1, -0.05) is 0 Å². The van der Waals surface area contributed by atoms with Gasteiger partial charge in [0.25, 0.3) is 0 Å². The van der Waals surface area contributed by atoms with Gasteiger partial charge in [0, 0.05) is 12.8 Å². The van der Waals surface area contributed by atoms with Gasteiger partial charge in [0.1, 0.15) is 42.6 Å². The summed E-state index contributed by atoms with van der Waals surface area (Å²) >= 11 is 0. The third-order valence-electron chi connectivity index (χ3n) is 4.20. The van der Waals surface area contributed by atoms with Crippen molar-refractivity contribution < 1.29 is 27.1 Å². The molecule has 2 fully saturated rings. The number of nitriles is 1. The molecule has 118 valence electrons. The zero-order valence-electron chi connectivity index (χ0n) is 11.4. The summed E-state index contributed by atoms with van der Waals surface area (Å²) in [5, 5.41) is 8.64. The van der Waals surface area contributed by atoms with Crippen LogP contribution in [0, 0.1) is 23.2 Å². The van der Waals surface area contributed by atoms with E-state index >= 15 is 0 Å². The maximum atomic E-state index is 13.6. The summed E-state index contributed by atoms with van der Waals surface area (Å²) in [6, 6.07) is 1.54. The standard InChI is InChI=1S/C14H17F4NO2/c15-9-2-1-3-10(16)13(9)14(20)21-7-4-11(17)8(6-19)12(18)5-7/h7-13H,1-5H2. The molecule has 0 amide bonds. The monoisotopic (exact) mass is 307 g/mol. The first-order valence-electron chi connectivity index (χ1n) is 7.10. The van der Waals surface area contributed by atoms with Crippen LogP contribution in [0.15, 0.2) is 0 Å². The second kappa shape index (κ2) is 6.63. The van der Waals surface area contributed by atoms with Crippen molar-refractivity contribution in [3.05, 3.63) is 0 Å². The van der Waals surface area contributed by atoms with Gasteiger partial charge in [-0.25, -0.2) is 17.6 Å². The molecule has 2 aliphatic carbocycles. The Hall–Kier alpha value is -1.32. The molecule has 0 radical (unpaired) electrons. The Labute approximate surface area is 120 Å². The van der Waals surface area contributed by atoms with Gasteiger partial charge in [-0.05, 0) is 19.3 Å². The summed E-state index contributed by atoms with van der Waals surface area (Å²) in [4.78, 5) is 11.8. The molecule has 0 bridgehead atoms. The minimum atomic E-state index is -1.75. The Morgan fingerprint density at radius 2 is 1.52 bits per heavy atom. The summed E-state index contributed by atoms with van der Waals surface area (Å²) in [5.74, 6) is -3.96. The molecule has 0 aromatic carbocycles. The summed E-state index contributed by atoms with van der Waals surface area (Å²) in [6.07, 6.45) is -7.92. The smallest absolute Gasteiger partial charge is 0.315 e. The fourth-order valence-electron chi connectivity index (χ4n) is 3.01. The van der Waals surface area contributed by atoms with E-state index < -0.39 is 48.6 Å². The van der Waals surface area contributed by atoms with E-state index in [4.69, 9.17) is 10.00 Å². The largest absolute Gasteiger partial charge is 0.462 e. The average Bonchev–Trinajstić information content (AvgIpc) is 2.38. The molecule has 0 aliphatic heterocycles. The number of esters is 1. The molecule has 3 nitrogen and oxygen atoms in total. The average molecular weight is 307 g/mol. The zero-order chi connectivity index (χ0) is 15.6. The van der Waals surface area contributed by atoms with Crippen molar-refractivity contribution in [3.63, 3.8) is 0 Å². The highest BCUT2D eigenvalue weighted by Gasteiger charge is 2.44. The number of alkyl halides is 4. The molecule has 21 heavy (non-hydrogen) atoms. The Morgan fingerprint density at radius 3 is 2.00 bits per heavy atom. The lowest BCUT2D eigenvalue weighted by molar-refractivity contribution is -0.165.